The number of hydrogen-bond donors (Lipinski definition) is 3. The summed E-state index contributed by atoms with van der Waals surface area (Å²) in [5.74, 6) is -1.30. The van der Waals surface area contributed by atoms with Crippen LogP contribution in [-0.4, -0.2) is 33.1 Å². The predicted molar refractivity (Wildman–Crippen MR) is 142 cm³/mol. The van der Waals surface area contributed by atoms with E-state index in [0.717, 1.165) is 0 Å². The molecule has 1 atom stereocenters. The first-order valence-corrected chi connectivity index (χ1v) is 11.7. The summed E-state index contributed by atoms with van der Waals surface area (Å²) in [4.78, 5) is 51.1. The second kappa shape index (κ2) is 10.8. The summed E-state index contributed by atoms with van der Waals surface area (Å²) in [5, 5.41) is 8.07. The molecule has 0 bridgehead atoms. The van der Waals surface area contributed by atoms with Crippen LogP contribution in [0, 0.1) is 6.92 Å². The molecule has 3 amide bonds. The molecule has 3 N–H and O–H groups in total. The van der Waals surface area contributed by atoms with E-state index in [4.69, 9.17) is 0 Å². The van der Waals surface area contributed by atoms with E-state index in [9.17, 15) is 19.2 Å². The van der Waals surface area contributed by atoms with E-state index < -0.39 is 17.9 Å². The minimum atomic E-state index is -0.811. The first-order chi connectivity index (χ1) is 17.8. The van der Waals surface area contributed by atoms with Gasteiger partial charge in [0.2, 0.25) is 5.91 Å². The molecule has 1 aromatic heterocycles. The van der Waals surface area contributed by atoms with E-state index >= 15 is 0 Å². The zero-order valence-electron chi connectivity index (χ0n) is 20.7. The van der Waals surface area contributed by atoms with Crippen LogP contribution in [-0.2, 0) is 11.8 Å². The van der Waals surface area contributed by atoms with Crippen molar-refractivity contribution >= 4 is 29.1 Å². The molecule has 0 unspecified atom stereocenters. The molecule has 0 spiro atoms. The summed E-state index contributed by atoms with van der Waals surface area (Å²) in [6.45, 7) is 3.32. The monoisotopic (exact) mass is 497 g/mol. The smallest absolute Gasteiger partial charge is 0.295 e. The van der Waals surface area contributed by atoms with E-state index in [-0.39, 0.29) is 22.7 Å². The van der Waals surface area contributed by atoms with Crippen LogP contribution in [0.2, 0.25) is 0 Å². The molecular formula is C28H27N5O4. The van der Waals surface area contributed by atoms with Gasteiger partial charge in [0.1, 0.15) is 11.7 Å². The van der Waals surface area contributed by atoms with Crippen molar-refractivity contribution in [3.8, 4) is 5.69 Å². The number of hydrogen-bond acceptors (Lipinski definition) is 4. The lowest BCUT2D eigenvalue weighted by Crippen LogP contribution is -2.41. The quantitative estimate of drug-likeness (QED) is 0.363. The number of benzene rings is 3. The molecule has 0 aliphatic rings. The zero-order chi connectivity index (χ0) is 26.5. The Morgan fingerprint density at radius 1 is 0.784 bits per heavy atom. The van der Waals surface area contributed by atoms with Gasteiger partial charge in [0.15, 0.2) is 0 Å². The molecule has 3 aromatic carbocycles. The molecule has 0 aliphatic carbocycles. The number of nitrogens with zero attached hydrogens (tertiary/aromatic N) is 2. The van der Waals surface area contributed by atoms with Crippen LogP contribution in [0.25, 0.3) is 5.69 Å². The van der Waals surface area contributed by atoms with Crippen LogP contribution in [0.5, 0.6) is 0 Å². The third kappa shape index (κ3) is 5.51. The Bertz CT molecular complexity index is 1510. The van der Waals surface area contributed by atoms with E-state index in [0.29, 0.717) is 22.6 Å². The maximum atomic E-state index is 13.1. The molecule has 9 heteroatoms. The van der Waals surface area contributed by atoms with Gasteiger partial charge in [0, 0.05) is 23.9 Å². The zero-order valence-corrected chi connectivity index (χ0v) is 20.7. The number of carbonyl (C=O) groups is 3. The van der Waals surface area contributed by atoms with Crippen molar-refractivity contribution < 1.29 is 14.4 Å². The van der Waals surface area contributed by atoms with Crippen molar-refractivity contribution in [2.24, 2.45) is 7.05 Å². The minimum absolute atomic E-state index is 0.169. The van der Waals surface area contributed by atoms with E-state index in [2.05, 4.69) is 16.0 Å². The molecule has 1 heterocycles. The fraction of sp³-hybridized carbons (Fsp3) is 0.143. The number of rotatable bonds is 7. The Morgan fingerprint density at radius 3 is 2.08 bits per heavy atom. The summed E-state index contributed by atoms with van der Waals surface area (Å²) >= 11 is 0. The van der Waals surface area contributed by atoms with Gasteiger partial charge in [0.25, 0.3) is 17.4 Å². The average Bonchev–Trinajstić information content (AvgIpc) is 3.12. The lowest BCUT2D eigenvalue weighted by atomic mass is 10.1. The van der Waals surface area contributed by atoms with Gasteiger partial charge < -0.3 is 16.0 Å². The Kier molecular flexibility index (Phi) is 7.34. The average molecular weight is 498 g/mol. The van der Waals surface area contributed by atoms with Crippen molar-refractivity contribution in [1.82, 2.24) is 14.7 Å². The molecule has 4 rings (SSSR count). The lowest BCUT2D eigenvalue weighted by molar-refractivity contribution is -0.117. The number of nitrogens with one attached hydrogen (secondary N) is 3. The number of amides is 3. The largest absolute Gasteiger partial charge is 0.341 e. The van der Waals surface area contributed by atoms with Crippen LogP contribution in [0.4, 0.5) is 11.4 Å². The number of carbonyl (C=O) groups excluding carboxylic acids is 3. The van der Waals surface area contributed by atoms with E-state index in [1.165, 1.54) is 10.7 Å². The predicted octanol–water partition coefficient (Wildman–Crippen LogP) is 3.49. The van der Waals surface area contributed by atoms with Gasteiger partial charge >= 0.3 is 0 Å². The third-order valence-corrected chi connectivity index (χ3v) is 5.96. The fourth-order valence-corrected chi connectivity index (χ4v) is 3.82. The second-order valence-corrected chi connectivity index (χ2v) is 8.52. The molecular weight excluding hydrogens is 470 g/mol. The van der Waals surface area contributed by atoms with Gasteiger partial charge in [-0.1, -0.05) is 42.5 Å². The van der Waals surface area contributed by atoms with Crippen molar-refractivity contribution in [2.75, 3.05) is 10.6 Å². The van der Waals surface area contributed by atoms with Crippen molar-refractivity contribution in [1.29, 1.82) is 0 Å². The topological polar surface area (TPSA) is 114 Å². The molecule has 0 aliphatic heterocycles. The molecule has 0 saturated carbocycles. The molecule has 188 valence electrons. The second-order valence-electron chi connectivity index (χ2n) is 8.52. The van der Waals surface area contributed by atoms with Gasteiger partial charge in [0.05, 0.1) is 11.4 Å². The summed E-state index contributed by atoms with van der Waals surface area (Å²) in [6.07, 6.45) is 0. The standard InChI is InChI=1S/C28H27N5O4/c1-18(29-26(35)20-11-6-4-7-12-20)25(34)30-22-14-10-13-21(17-22)27(36)31-24-19(2)32(3)33(28(24)37)23-15-8-5-9-16-23/h4-18H,1-3H3,(H,29,35)(H,30,34)(H,31,36)/t18-/m0/s1. The summed E-state index contributed by atoms with van der Waals surface area (Å²) < 4.78 is 3.15. The highest BCUT2D eigenvalue weighted by Crippen LogP contribution is 2.17. The lowest BCUT2D eigenvalue weighted by Gasteiger charge is -2.14. The van der Waals surface area contributed by atoms with Gasteiger partial charge in [-0.25, -0.2) is 4.68 Å². The summed E-state index contributed by atoms with van der Waals surface area (Å²) in [5.41, 5.74) is 2.17. The molecule has 4 aromatic rings. The van der Waals surface area contributed by atoms with Gasteiger partial charge in [-0.2, -0.15) is 0 Å². The van der Waals surface area contributed by atoms with Crippen molar-refractivity contribution in [2.45, 2.75) is 19.9 Å². The first-order valence-electron chi connectivity index (χ1n) is 11.7. The van der Waals surface area contributed by atoms with Crippen molar-refractivity contribution in [3.63, 3.8) is 0 Å². The van der Waals surface area contributed by atoms with E-state index in [1.54, 1.807) is 74.1 Å². The Hall–Kier alpha value is -4.92. The molecule has 0 fully saturated rings. The Balaban J connectivity index is 1.46. The van der Waals surface area contributed by atoms with Crippen LogP contribution in [0.15, 0.2) is 89.7 Å². The van der Waals surface area contributed by atoms with Crippen molar-refractivity contribution in [3.05, 3.63) is 112 Å². The minimum Gasteiger partial charge on any atom is -0.341 e. The maximum absolute atomic E-state index is 13.1. The van der Waals surface area contributed by atoms with Crippen LogP contribution < -0.4 is 21.5 Å². The van der Waals surface area contributed by atoms with E-state index in [1.807, 2.05) is 30.3 Å². The third-order valence-electron chi connectivity index (χ3n) is 5.96. The van der Waals surface area contributed by atoms with Gasteiger partial charge in [-0.05, 0) is 56.3 Å². The molecule has 0 saturated heterocycles. The molecule has 0 radical (unpaired) electrons. The van der Waals surface area contributed by atoms with Gasteiger partial charge in [-0.15, -0.1) is 0 Å². The SMILES string of the molecule is Cc1c(NC(=O)c2cccc(NC(=O)[C@H](C)NC(=O)c3ccccc3)c2)c(=O)n(-c2ccccc2)n1C. The highest BCUT2D eigenvalue weighted by Gasteiger charge is 2.20. The molecule has 9 nitrogen and oxygen atoms in total. The highest BCUT2D eigenvalue weighted by atomic mass is 16.2. The fourth-order valence-electron chi connectivity index (χ4n) is 3.82. The van der Waals surface area contributed by atoms with Crippen LogP contribution >= 0.6 is 0 Å². The summed E-state index contributed by atoms with van der Waals surface area (Å²) in [7, 11) is 1.74. The van der Waals surface area contributed by atoms with Crippen LogP contribution in [0.3, 0.4) is 0 Å². The number of anilines is 2. The Morgan fingerprint density at radius 2 is 1.41 bits per heavy atom. The van der Waals surface area contributed by atoms with Gasteiger partial charge in [-0.3, -0.25) is 23.9 Å². The first kappa shape index (κ1) is 25.2. The number of aromatic nitrogens is 2. The van der Waals surface area contributed by atoms with Crippen LogP contribution in [0.1, 0.15) is 33.3 Å². The molecule has 37 heavy (non-hydrogen) atoms. The highest BCUT2D eigenvalue weighted by molar-refractivity contribution is 6.06. The normalized spacial score (nSPS) is 11.4. The number of para-hydroxylation sites is 1. The maximum Gasteiger partial charge on any atom is 0.295 e. The Labute approximate surface area is 213 Å². The summed E-state index contributed by atoms with van der Waals surface area (Å²) in [6, 6.07) is 23.3.